The fourth-order valence-electron chi connectivity index (χ4n) is 4.33. The van der Waals surface area contributed by atoms with Crippen molar-refractivity contribution in [2.24, 2.45) is 11.0 Å². The topological polar surface area (TPSA) is 70.1 Å². The van der Waals surface area contributed by atoms with Gasteiger partial charge in [-0.2, -0.15) is 10.2 Å². The SMILES string of the molecule is O=C(N/N=C\c1cn[nH]c1-c1ccccc1)[C@H]1CC1(c1ccccc1)c1ccccc1. The molecule has 3 aromatic carbocycles. The van der Waals surface area contributed by atoms with Crippen LogP contribution >= 0.6 is 0 Å². The van der Waals surface area contributed by atoms with Gasteiger partial charge < -0.3 is 0 Å². The van der Waals surface area contributed by atoms with Crippen molar-refractivity contribution in [3.8, 4) is 11.3 Å². The number of amides is 1. The van der Waals surface area contributed by atoms with E-state index in [-0.39, 0.29) is 17.2 Å². The number of nitrogens with one attached hydrogen (secondary N) is 2. The summed E-state index contributed by atoms with van der Waals surface area (Å²) >= 11 is 0. The van der Waals surface area contributed by atoms with Crippen molar-refractivity contribution in [1.29, 1.82) is 0 Å². The van der Waals surface area contributed by atoms with E-state index in [1.165, 1.54) is 0 Å². The van der Waals surface area contributed by atoms with E-state index in [9.17, 15) is 4.79 Å². The van der Waals surface area contributed by atoms with Gasteiger partial charge in [0.1, 0.15) is 0 Å². The smallest absolute Gasteiger partial charge is 0.244 e. The highest BCUT2D eigenvalue weighted by Gasteiger charge is 2.60. The molecule has 0 unspecified atom stereocenters. The zero-order valence-corrected chi connectivity index (χ0v) is 16.9. The lowest BCUT2D eigenvalue weighted by molar-refractivity contribution is -0.122. The first-order valence-corrected chi connectivity index (χ1v) is 10.3. The molecule has 0 saturated heterocycles. The summed E-state index contributed by atoms with van der Waals surface area (Å²) in [6, 6.07) is 30.4. The largest absolute Gasteiger partial charge is 0.277 e. The van der Waals surface area contributed by atoms with Crippen LogP contribution in [0.3, 0.4) is 0 Å². The predicted octanol–water partition coefficient (Wildman–Crippen LogP) is 4.53. The van der Waals surface area contributed by atoms with Crippen LogP contribution in [0.4, 0.5) is 0 Å². The van der Waals surface area contributed by atoms with Gasteiger partial charge in [-0.3, -0.25) is 9.89 Å². The van der Waals surface area contributed by atoms with Crippen LogP contribution in [0, 0.1) is 5.92 Å². The summed E-state index contributed by atoms with van der Waals surface area (Å²) in [6.45, 7) is 0. The second kappa shape index (κ2) is 8.03. The first-order chi connectivity index (χ1) is 15.3. The molecule has 2 N–H and O–H groups in total. The average molecular weight is 406 g/mol. The molecule has 5 heteroatoms. The van der Waals surface area contributed by atoms with Crippen LogP contribution in [0.15, 0.2) is 102 Å². The molecule has 1 amide bonds. The zero-order valence-electron chi connectivity index (χ0n) is 16.9. The second-order valence-electron chi connectivity index (χ2n) is 7.76. The number of carbonyl (C=O) groups excluding carboxylic acids is 1. The first kappa shape index (κ1) is 19.0. The Hall–Kier alpha value is -3.99. The van der Waals surface area contributed by atoms with E-state index in [4.69, 9.17) is 0 Å². The molecule has 1 aliphatic rings. The number of carbonyl (C=O) groups is 1. The van der Waals surface area contributed by atoms with Crippen molar-refractivity contribution in [2.75, 3.05) is 0 Å². The molecule has 0 radical (unpaired) electrons. The van der Waals surface area contributed by atoms with Gasteiger partial charge in [0.15, 0.2) is 0 Å². The molecule has 31 heavy (non-hydrogen) atoms. The molecule has 4 aromatic rings. The van der Waals surface area contributed by atoms with Crippen LogP contribution in [0.1, 0.15) is 23.1 Å². The lowest BCUT2D eigenvalue weighted by atomic mass is 9.85. The molecule has 1 saturated carbocycles. The van der Waals surface area contributed by atoms with Gasteiger partial charge in [0.05, 0.1) is 24.0 Å². The van der Waals surface area contributed by atoms with Crippen LogP contribution in [0.25, 0.3) is 11.3 Å². The molecule has 5 rings (SSSR count). The van der Waals surface area contributed by atoms with Crippen molar-refractivity contribution in [3.63, 3.8) is 0 Å². The van der Waals surface area contributed by atoms with Gasteiger partial charge in [0.2, 0.25) is 5.91 Å². The number of benzene rings is 3. The molecule has 152 valence electrons. The summed E-state index contributed by atoms with van der Waals surface area (Å²) in [6.07, 6.45) is 4.11. The first-order valence-electron chi connectivity index (χ1n) is 10.3. The van der Waals surface area contributed by atoms with Crippen molar-refractivity contribution in [3.05, 3.63) is 114 Å². The summed E-state index contributed by atoms with van der Waals surface area (Å²) in [7, 11) is 0. The van der Waals surface area contributed by atoms with E-state index in [0.717, 1.165) is 34.4 Å². The van der Waals surface area contributed by atoms with Gasteiger partial charge in [-0.1, -0.05) is 91.0 Å². The van der Waals surface area contributed by atoms with Gasteiger partial charge in [-0.05, 0) is 17.5 Å². The normalized spacial score (nSPS) is 16.8. The summed E-state index contributed by atoms with van der Waals surface area (Å²) in [4.78, 5) is 13.0. The minimum absolute atomic E-state index is 0.0753. The maximum atomic E-state index is 13.0. The Bertz CT molecular complexity index is 1160. The Kier molecular flexibility index (Phi) is 4.92. The van der Waals surface area contributed by atoms with Crippen LogP contribution < -0.4 is 5.43 Å². The van der Waals surface area contributed by atoms with Gasteiger partial charge >= 0.3 is 0 Å². The number of rotatable bonds is 6. The van der Waals surface area contributed by atoms with Crippen LogP contribution in [-0.4, -0.2) is 22.3 Å². The minimum atomic E-state index is -0.299. The van der Waals surface area contributed by atoms with Crippen LogP contribution in [0.5, 0.6) is 0 Å². The molecular formula is C26H22N4O. The summed E-state index contributed by atoms with van der Waals surface area (Å²) < 4.78 is 0. The van der Waals surface area contributed by atoms with E-state index in [1.807, 2.05) is 66.7 Å². The van der Waals surface area contributed by atoms with E-state index in [2.05, 4.69) is 45.0 Å². The molecule has 1 atom stereocenters. The van der Waals surface area contributed by atoms with Crippen molar-refractivity contribution in [2.45, 2.75) is 11.8 Å². The molecule has 1 fully saturated rings. The summed E-state index contributed by atoms with van der Waals surface area (Å²) in [5.41, 5.74) is 7.47. The third-order valence-electron chi connectivity index (χ3n) is 5.96. The number of hydrogen-bond acceptors (Lipinski definition) is 3. The number of aromatic nitrogens is 2. The van der Waals surface area contributed by atoms with E-state index < -0.39 is 0 Å². The third kappa shape index (κ3) is 3.55. The van der Waals surface area contributed by atoms with Crippen molar-refractivity contribution < 1.29 is 4.79 Å². The Labute approximate surface area is 180 Å². The van der Waals surface area contributed by atoms with Crippen molar-refractivity contribution in [1.82, 2.24) is 15.6 Å². The van der Waals surface area contributed by atoms with E-state index in [1.54, 1.807) is 12.4 Å². The second-order valence-corrected chi connectivity index (χ2v) is 7.76. The molecule has 0 aliphatic heterocycles. The van der Waals surface area contributed by atoms with Crippen molar-refractivity contribution >= 4 is 12.1 Å². The molecule has 1 aliphatic carbocycles. The van der Waals surface area contributed by atoms with Crippen LogP contribution in [0.2, 0.25) is 0 Å². The lowest BCUT2D eigenvalue weighted by Gasteiger charge is -2.18. The predicted molar refractivity (Wildman–Crippen MR) is 122 cm³/mol. The zero-order chi connectivity index (χ0) is 21.1. The van der Waals surface area contributed by atoms with Gasteiger partial charge in [-0.15, -0.1) is 0 Å². The monoisotopic (exact) mass is 406 g/mol. The maximum absolute atomic E-state index is 13.0. The number of hydrazone groups is 1. The lowest BCUT2D eigenvalue weighted by Crippen LogP contribution is -2.25. The number of H-pyrrole nitrogens is 1. The minimum Gasteiger partial charge on any atom is -0.277 e. The highest BCUT2D eigenvalue weighted by atomic mass is 16.2. The Morgan fingerprint density at radius 3 is 2.13 bits per heavy atom. The molecule has 1 aromatic heterocycles. The summed E-state index contributed by atoms with van der Waals surface area (Å²) in [5.74, 6) is -0.235. The Morgan fingerprint density at radius 2 is 1.52 bits per heavy atom. The maximum Gasteiger partial charge on any atom is 0.244 e. The fraction of sp³-hybridized carbons (Fsp3) is 0.115. The third-order valence-corrected chi connectivity index (χ3v) is 5.96. The quantitative estimate of drug-likeness (QED) is 0.365. The molecular weight excluding hydrogens is 384 g/mol. The fourth-order valence-corrected chi connectivity index (χ4v) is 4.33. The van der Waals surface area contributed by atoms with E-state index >= 15 is 0 Å². The number of hydrogen-bond donors (Lipinski definition) is 2. The van der Waals surface area contributed by atoms with Gasteiger partial charge in [0.25, 0.3) is 0 Å². The molecule has 0 bridgehead atoms. The van der Waals surface area contributed by atoms with Gasteiger partial charge in [-0.25, -0.2) is 5.43 Å². The average Bonchev–Trinajstić information content (AvgIpc) is 3.44. The number of nitrogens with zero attached hydrogens (tertiary/aromatic N) is 2. The highest BCUT2D eigenvalue weighted by Crippen LogP contribution is 2.58. The Balaban J connectivity index is 1.35. The van der Waals surface area contributed by atoms with Crippen LogP contribution in [-0.2, 0) is 10.2 Å². The Morgan fingerprint density at radius 1 is 0.935 bits per heavy atom. The highest BCUT2D eigenvalue weighted by molar-refractivity contribution is 5.90. The van der Waals surface area contributed by atoms with E-state index in [0.29, 0.717) is 0 Å². The van der Waals surface area contributed by atoms with Gasteiger partial charge in [0, 0.05) is 16.5 Å². The number of aromatic amines is 1. The molecule has 5 nitrogen and oxygen atoms in total. The molecule has 0 spiro atoms. The standard InChI is InChI=1S/C26H22N4O/c31-25(30-28-18-20-17-27-29-24(20)19-10-4-1-5-11-19)23-16-26(23,21-12-6-2-7-13-21)22-14-8-3-9-15-22/h1-15,17-18,23H,16H2,(H,27,29)(H,30,31)/b28-18-/t23-/m1/s1. The summed E-state index contributed by atoms with van der Waals surface area (Å²) in [5, 5.41) is 11.3. The molecule has 1 heterocycles.